The van der Waals surface area contributed by atoms with Crippen LogP contribution < -0.4 is 0 Å². The summed E-state index contributed by atoms with van der Waals surface area (Å²) >= 11 is 1.86. The highest BCUT2D eigenvalue weighted by Crippen LogP contribution is 2.85. The standard InChI is InChI=1S/C22H35N5S/c1-5-8-17(23)27(10-6-2)20(24)16-9-7-11-26(16)12-18-25-19(15(3)28-18)22-13-21(22,4)14-22/h16,23-24H,5-14H2,1-4H3. The van der Waals surface area contributed by atoms with Crippen LogP contribution in [0, 0.1) is 23.2 Å². The van der Waals surface area contributed by atoms with Gasteiger partial charge in [0.15, 0.2) is 0 Å². The number of likely N-dealkylation sites (tertiary alicyclic amines) is 1. The first-order chi connectivity index (χ1) is 13.3. The van der Waals surface area contributed by atoms with Crippen molar-refractivity contribution in [2.75, 3.05) is 13.1 Å². The predicted octanol–water partition coefficient (Wildman–Crippen LogP) is 4.93. The molecule has 1 saturated heterocycles. The lowest BCUT2D eigenvalue weighted by molar-refractivity contribution is 0.281. The molecule has 1 aromatic heterocycles. The normalized spacial score (nSPS) is 30.9. The van der Waals surface area contributed by atoms with Crippen molar-refractivity contribution in [3.63, 3.8) is 0 Å². The molecule has 1 atom stereocenters. The second-order valence-corrected chi connectivity index (χ2v) is 10.7. The third-order valence-corrected chi connectivity index (χ3v) is 8.11. The lowest BCUT2D eigenvalue weighted by atomic mass is 10.1. The van der Waals surface area contributed by atoms with Gasteiger partial charge in [0.25, 0.3) is 0 Å². The van der Waals surface area contributed by atoms with E-state index in [-0.39, 0.29) is 6.04 Å². The maximum Gasteiger partial charge on any atom is 0.119 e. The summed E-state index contributed by atoms with van der Waals surface area (Å²) in [5.74, 6) is 1.23. The summed E-state index contributed by atoms with van der Waals surface area (Å²) in [5.41, 5.74) is 2.36. The molecule has 0 spiro atoms. The van der Waals surface area contributed by atoms with Crippen molar-refractivity contribution in [3.05, 3.63) is 15.6 Å². The van der Waals surface area contributed by atoms with Gasteiger partial charge in [-0.1, -0.05) is 20.8 Å². The smallest absolute Gasteiger partial charge is 0.119 e. The Balaban J connectivity index is 1.45. The number of nitrogens with zero attached hydrogens (tertiary/aromatic N) is 3. The number of fused-ring (bicyclic) bond motifs is 1. The molecule has 28 heavy (non-hydrogen) atoms. The molecule has 5 nitrogen and oxygen atoms in total. The quantitative estimate of drug-likeness (QED) is 0.479. The Hall–Kier alpha value is -1.27. The van der Waals surface area contributed by atoms with E-state index in [4.69, 9.17) is 15.8 Å². The minimum atomic E-state index is 0.127. The summed E-state index contributed by atoms with van der Waals surface area (Å²) in [4.78, 5) is 10.9. The second-order valence-electron chi connectivity index (χ2n) is 9.37. The lowest BCUT2D eigenvalue weighted by Crippen LogP contribution is -2.47. The van der Waals surface area contributed by atoms with Crippen LogP contribution in [0.5, 0.6) is 0 Å². The Labute approximate surface area is 173 Å². The first kappa shape index (κ1) is 20.0. The Morgan fingerprint density at radius 3 is 2.61 bits per heavy atom. The summed E-state index contributed by atoms with van der Waals surface area (Å²) in [6.07, 6.45) is 7.49. The van der Waals surface area contributed by atoms with Gasteiger partial charge >= 0.3 is 0 Å². The van der Waals surface area contributed by atoms with Crippen molar-refractivity contribution in [3.8, 4) is 0 Å². The van der Waals surface area contributed by atoms with Crippen LogP contribution in [0.4, 0.5) is 0 Å². The van der Waals surface area contributed by atoms with Crippen LogP contribution in [0.2, 0.25) is 0 Å². The van der Waals surface area contributed by atoms with Crippen molar-refractivity contribution in [2.24, 2.45) is 5.41 Å². The molecule has 0 aromatic carbocycles. The Morgan fingerprint density at radius 2 is 2.00 bits per heavy atom. The number of rotatable bonds is 8. The fourth-order valence-electron chi connectivity index (χ4n) is 5.28. The molecular formula is C22H35N5S. The summed E-state index contributed by atoms with van der Waals surface area (Å²) < 4.78 is 0. The van der Waals surface area contributed by atoms with E-state index in [9.17, 15) is 0 Å². The predicted molar refractivity (Wildman–Crippen MR) is 117 cm³/mol. The highest BCUT2D eigenvalue weighted by Gasteiger charge is 2.81. The fourth-order valence-corrected chi connectivity index (χ4v) is 6.34. The van der Waals surface area contributed by atoms with Gasteiger partial charge in [0.2, 0.25) is 0 Å². The van der Waals surface area contributed by atoms with Gasteiger partial charge in [-0.25, -0.2) is 4.98 Å². The number of hydrogen-bond acceptors (Lipinski definition) is 5. The topological polar surface area (TPSA) is 67.1 Å². The van der Waals surface area contributed by atoms with Gasteiger partial charge in [-0.2, -0.15) is 0 Å². The zero-order valence-corrected chi connectivity index (χ0v) is 18.7. The molecule has 2 saturated carbocycles. The van der Waals surface area contributed by atoms with Crippen LogP contribution in [0.1, 0.15) is 81.3 Å². The minimum absolute atomic E-state index is 0.127. The Morgan fingerprint density at radius 1 is 1.29 bits per heavy atom. The van der Waals surface area contributed by atoms with Crippen LogP contribution in [-0.2, 0) is 12.0 Å². The van der Waals surface area contributed by atoms with Crippen LogP contribution in [-0.4, -0.2) is 45.6 Å². The van der Waals surface area contributed by atoms with E-state index in [2.05, 4.69) is 32.6 Å². The molecule has 2 heterocycles. The molecule has 3 fully saturated rings. The number of aromatic nitrogens is 1. The summed E-state index contributed by atoms with van der Waals surface area (Å²) in [6, 6.07) is 0.127. The van der Waals surface area contributed by atoms with Gasteiger partial charge in [0.05, 0.1) is 18.3 Å². The number of thiazole rings is 1. The monoisotopic (exact) mass is 401 g/mol. The SMILES string of the molecule is CCCC(=N)N(CCC)C(=N)C1CCCN1Cc1nc(C23CC2(C)C3)c(C)s1. The van der Waals surface area contributed by atoms with E-state index >= 15 is 0 Å². The fraction of sp³-hybridized carbons (Fsp3) is 0.773. The van der Waals surface area contributed by atoms with E-state index in [1.54, 1.807) is 0 Å². The molecule has 0 bridgehead atoms. The minimum Gasteiger partial charge on any atom is -0.318 e. The second kappa shape index (κ2) is 7.21. The third kappa shape index (κ3) is 3.22. The van der Waals surface area contributed by atoms with E-state index < -0.39 is 0 Å². The molecule has 2 N–H and O–H groups in total. The van der Waals surface area contributed by atoms with Gasteiger partial charge in [0, 0.05) is 23.3 Å². The average Bonchev–Trinajstić information content (AvgIpc) is 3.18. The van der Waals surface area contributed by atoms with E-state index in [1.807, 2.05) is 16.2 Å². The molecule has 1 unspecified atom stereocenters. The number of hydrogen-bond donors (Lipinski definition) is 2. The first-order valence-corrected chi connectivity index (χ1v) is 11.8. The van der Waals surface area contributed by atoms with Crippen molar-refractivity contribution < 1.29 is 0 Å². The summed E-state index contributed by atoms with van der Waals surface area (Å²) in [7, 11) is 0. The zero-order chi connectivity index (χ0) is 20.1. The highest BCUT2D eigenvalue weighted by atomic mass is 32.1. The summed E-state index contributed by atoms with van der Waals surface area (Å²) in [6.45, 7) is 11.5. The van der Waals surface area contributed by atoms with E-state index in [1.165, 1.54) is 28.4 Å². The molecule has 1 aromatic rings. The maximum atomic E-state index is 8.87. The summed E-state index contributed by atoms with van der Waals surface area (Å²) in [5, 5.41) is 18.5. The van der Waals surface area contributed by atoms with Crippen LogP contribution >= 0.6 is 11.3 Å². The molecular weight excluding hydrogens is 366 g/mol. The van der Waals surface area contributed by atoms with Crippen molar-refractivity contribution >= 4 is 23.0 Å². The van der Waals surface area contributed by atoms with Gasteiger partial charge in [-0.15, -0.1) is 11.3 Å². The Kier molecular flexibility index (Phi) is 5.15. The average molecular weight is 402 g/mol. The van der Waals surface area contributed by atoms with E-state index in [0.717, 1.165) is 51.7 Å². The van der Waals surface area contributed by atoms with Crippen LogP contribution in [0.15, 0.2) is 0 Å². The molecule has 0 amide bonds. The van der Waals surface area contributed by atoms with Gasteiger partial charge < -0.3 is 4.90 Å². The number of aryl methyl sites for hydroxylation is 1. The van der Waals surface area contributed by atoms with Crippen molar-refractivity contribution in [1.29, 1.82) is 10.8 Å². The Bertz CT molecular complexity index is 776. The lowest BCUT2D eigenvalue weighted by Gasteiger charge is -2.32. The first-order valence-electron chi connectivity index (χ1n) is 11.0. The molecule has 154 valence electrons. The van der Waals surface area contributed by atoms with Crippen LogP contribution in [0.3, 0.4) is 0 Å². The highest BCUT2D eigenvalue weighted by molar-refractivity contribution is 7.11. The van der Waals surface area contributed by atoms with Crippen LogP contribution in [0.25, 0.3) is 0 Å². The number of amidine groups is 2. The maximum absolute atomic E-state index is 8.87. The molecule has 2 aliphatic carbocycles. The van der Waals surface area contributed by atoms with Crippen molar-refractivity contribution in [1.82, 2.24) is 14.8 Å². The zero-order valence-electron chi connectivity index (χ0n) is 17.9. The third-order valence-electron chi connectivity index (χ3n) is 7.15. The molecule has 4 rings (SSSR count). The van der Waals surface area contributed by atoms with Gasteiger partial charge in [0.1, 0.15) is 16.7 Å². The molecule has 3 aliphatic rings. The molecule has 0 radical (unpaired) electrons. The van der Waals surface area contributed by atoms with Gasteiger partial charge in [-0.05, 0) is 57.4 Å². The van der Waals surface area contributed by atoms with E-state index in [0.29, 0.717) is 22.5 Å². The largest absolute Gasteiger partial charge is 0.318 e. The van der Waals surface area contributed by atoms with Gasteiger partial charge in [-0.3, -0.25) is 15.7 Å². The molecule has 1 aliphatic heterocycles. The van der Waals surface area contributed by atoms with Crippen molar-refractivity contribution in [2.45, 2.75) is 90.6 Å². The number of nitrogens with one attached hydrogen (secondary N) is 2. The molecule has 6 heteroatoms.